The van der Waals surface area contributed by atoms with Crippen molar-refractivity contribution in [1.29, 1.82) is 0 Å². The second-order valence-corrected chi connectivity index (χ2v) is 8.83. The molecule has 2 heterocycles. The molecule has 0 N–H and O–H groups in total. The summed E-state index contributed by atoms with van der Waals surface area (Å²) in [6.45, 7) is 2.14. The van der Waals surface area contributed by atoms with E-state index in [1.807, 2.05) is 18.0 Å². The molecule has 4 rings (SSSR count). The number of sulfonamides is 1. The van der Waals surface area contributed by atoms with Crippen molar-refractivity contribution in [2.75, 3.05) is 20.1 Å². The predicted molar refractivity (Wildman–Crippen MR) is 103 cm³/mol. The summed E-state index contributed by atoms with van der Waals surface area (Å²) in [5.74, 6) is -1.17. The highest BCUT2D eigenvalue weighted by atomic mass is 32.2. The molecule has 5 nitrogen and oxygen atoms in total. The molecule has 0 spiro atoms. The summed E-state index contributed by atoms with van der Waals surface area (Å²) in [6.07, 6.45) is 1.67. The van der Waals surface area contributed by atoms with Gasteiger partial charge >= 0.3 is 0 Å². The van der Waals surface area contributed by atoms with Crippen LogP contribution in [0.4, 0.5) is 8.78 Å². The molecular weight excluding hydrogens is 384 g/mol. The summed E-state index contributed by atoms with van der Waals surface area (Å²) in [7, 11) is -1.75. The molecule has 8 heteroatoms. The Labute approximate surface area is 163 Å². The lowest BCUT2D eigenvalue weighted by Gasteiger charge is -2.37. The molecule has 2 aliphatic heterocycles. The summed E-state index contributed by atoms with van der Waals surface area (Å²) in [6, 6.07) is 11.0. The maximum Gasteiger partial charge on any atom is 0.285 e. The second kappa shape index (κ2) is 7.25. The quantitative estimate of drug-likeness (QED) is 0.788. The van der Waals surface area contributed by atoms with Gasteiger partial charge in [-0.05, 0) is 42.7 Å². The zero-order valence-electron chi connectivity index (χ0n) is 15.5. The van der Waals surface area contributed by atoms with Crippen molar-refractivity contribution in [2.45, 2.75) is 30.3 Å². The van der Waals surface area contributed by atoms with Gasteiger partial charge in [0.05, 0.1) is 0 Å². The average molecular weight is 405 g/mol. The molecular formula is C20H21F2N3O2S. The van der Waals surface area contributed by atoms with Crippen molar-refractivity contribution in [2.24, 2.45) is 4.40 Å². The van der Waals surface area contributed by atoms with Crippen LogP contribution in [0.3, 0.4) is 0 Å². The molecule has 1 saturated heterocycles. The first kappa shape index (κ1) is 19.0. The maximum atomic E-state index is 13.4. The van der Waals surface area contributed by atoms with Gasteiger partial charge in [-0.3, -0.25) is 4.90 Å². The van der Waals surface area contributed by atoms with E-state index in [0.717, 1.165) is 37.6 Å². The third kappa shape index (κ3) is 3.54. The average Bonchev–Trinajstić information content (AvgIpc) is 2.96. The Balaban J connectivity index is 1.42. The number of halogens is 2. The molecule has 2 aromatic carbocycles. The van der Waals surface area contributed by atoms with Gasteiger partial charge in [0, 0.05) is 38.3 Å². The molecule has 0 bridgehead atoms. The normalized spacial score (nSPS) is 19.3. The highest BCUT2D eigenvalue weighted by molar-refractivity contribution is 7.90. The van der Waals surface area contributed by atoms with E-state index in [9.17, 15) is 17.2 Å². The van der Waals surface area contributed by atoms with E-state index in [1.165, 1.54) is 6.07 Å². The fourth-order valence-corrected chi connectivity index (χ4v) is 5.12. The van der Waals surface area contributed by atoms with E-state index >= 15 is 0 Å². The third-order valence-electron chi connectivity index (χ3n) is 5.44. The molecule has 0 amide bonds. The van der Waals surface area contributed by atoms with Crippen LogP contribution in [0.1, 0.15) is 24.0 Å². The molecule has 0 aliphatic carbocycles. The van der Waals surface area contributed by atoms with Crippen LogP contribution in [0, 0.1) is 11.6 Å². The number of rotatable bonds is 3. The first-order valence-electron chi connectivity index (χ1n) is 9.18. The van der Waals surface area contributed by atoms with Gasteiger partial charge in [0.25, 0.3) is 10.0 Å². The predicted octanol–water partition coefficient (Wildman–Crippen LogP) is 3.01. The Morgan fingerprint density at radius 2 is 1.82 bits per heavy atom. The SMILES string of the molecule is CN(C1=NS(=O)(=O)c2ccccc21)C1CCN(Cc2ccc(F)c(F)c2)CC1. The minimum Gasteiger partial charge on any atom is -0.355 e. The van der Waals surface area contributed by atoms with Crippen LogP contribution in [-0.4, -0.2) is 50.2 Å². The van der Waals surface area contributed by atoms with E-state index < -0.39 is 21.7 Å². The molecule has 0 unspecified atom stereocenters. The highest BCUT2D eigenvalue weighted by Crippen LogP contribution is 2.29. The number of nitrogens with zero attached hydrogens (tertiary/aromatic N) is 3. The van der Waals surface area contributed by atoms with E-state index in [0.29, 0.717) is 17.9 Å². The molecule has 0 saturated carbocycles. The standard InChI is InChI=1S/C20H21F2N3O2S/c1-24(20-16-4-2-3-5-19(16)28(26,27)23-20)15-8-10-25(11-9-15)13-14-6-7-17(21)18(22)12-14/h2-7,12,15H,8-11,13H2,1H3. The van der Waals surface area contributed by atoms with Crippen LogP contribution >= 0.6 is 0 Å². The summed E-state index contributed by atoms with van der Waals surface area (Å²) in [5.41, 5.74) is 1.39. The number of hydrogen-bond acceptors (Lipinski definition) is 4. The zero-order valence-corrected chi connectivity index (χ0v) is 16.3. The lowest BCUT2D eigenvalue weighted by atomic mass is 10.0. The number of likely N-dealkylation sites (tertiary alicyclic amines) is 1. The number of piperidine rings is 1. The first-order valence-corrected chi connectivity index (χ1v) is 10.6. The van der Waals surface area contributed by atoms with Crippen molar-refractivity contribution >= 4 is 15.9 Å². The maximum absolute atomic E-state index is 13.4. The number of fused-ring (bicyclic) bond motifs is 1. The van der Waals surface area contributed by atoms with E-state index in [1.54, 1.807) is 24.3 Å². The van der Waals surface area contributed by atoms with Crippen LogP contribution in [-0.2, 0) is 16.6 Å². The van der Waals surface area contributed by atoms with Crippen LogP contribution < -0.4 is 0 Å². The van der Waals surface area contributed by atoms with Crippen LogP contribution in [0.25, 0.3) is 0 Å². The van der Waals surface area contributed by atoms with Crippen molar-refractivity contribution in [3.63, 3.8) is 0 Å². The molecule has 1 fully saturated rings. The van der Waals surface area contributed by atoms with Gasteiger partial charge in [-0.25, -0.2) is 8.78 Å². The molecule has 0 aromatic heterocycles. The lowest BCUT2D eigenvalue weighted by molar-refractivity contribution is 0.159. The molecule has 2 aliphatic rings. The summed E-state index contributed by atoms with van der Waals surface area (Å²) >= 11 is 0. The highest BCUT2D eigenvalue weighted by Gasteiger charge is 2.33. The van der Waals surface area contributed by atoms with E-state index in [-0.39, 0.29) is 10.9 Å². The van der Waals surface area contributed by atoms with Gasteiger partial charge in [0.1, 0.15) is 4.90 Å². The summed E-state index contributed by atoms with van der Waals surface area (Å²) < 4.78 is 55.0. The minimum atomic E-state index is -3.63. The Kier molecular flexibility index (Phi) is 4.93. The molecule has 148 valence electrons. The van der Waals surface area contributed by atoms with Gasteiger partial charge in [0.15, 0.2) is 17.5 Å². The Morgan fingerprint density at radius 1 is 1.11 bits per heavy atom. The number of hydrogen-bond donors (Lipinski definition) is 0. The molecule has 0 atom stereocenters. The minimum absolute atomic E-state index is 0.168. The second-order valence-electron chi connectivity index (χ2n) is 7.25. The van der Waals surface area contributed by atoms with Gasteiger partial charge < -0.3 is 4.90 Å². The lowest BCUT2D eigenvalue weighted by Crippen LogP contribution is -2.45. The summed E-state index contributed by atoms with van der Waals surface area (Å²) in [4.78, 5) is 4.41. The van der Waals surface area contributed by atoms with Crippen LogP contribution in [0.2, 0.25) is 0 Å². The largest absolute Gasteiger partial charge is 0.355 e. The van der Waals surface area contributed by atoms with Crippen molar-refractivity contribution in [3.05, 3.63) is 65.2 Å². The van der Waals surface area contributed by atoms with Crippen molar-refractivity contribution in [1.82, 2.24) is 9.80 Å². The third-order valence-corrected chi connectivity index (χ3v) is 6.77. The molecule has 2 aromatic rings. The fourth-order valence-electron chi connectivity index (χ4n) is 3.88. The van der Waals surface area contributed by atoms with Gasteiger partial charge in [-0.2, -0.15) is 8.42 Å². The van der Waals surface area contributed by atoms with Gasteiger partial charge in [0.2, 0.25) is 0 Å². The first-order chi connectivity index (χ1) is 13.3. The van der Waals surface area contributed by atoms with Gasteiger partial charge in [-0.15, -0.1) is 4.40 Å². The fraction of sp³-hybridized carbons (Fsp3) is 0.350. The topological polar surface area (TPSA) is 53.0 Å². The Bertz CT molecular complexity index is 1030. The number of benzene rings is 2. The van der Waals surface area contributed by atoms with Crippen LogP contribution in [0.5, 0.6) is 0 Å². The zero-order chi connectivity index (χ0) is 19.9. The van der Waals surface area contributed by atoms with E-state index in [2.05, 4.69) is 9.30 Å². The summed E-state index contributed by atoms with van der Waals surface area (Å²) in [5, 5.41) is 0. The smallest absolute Gasteiger partial charge is 0.285 e. The van der Waals surface area contributed by atoms with E-state index in [4.69, 9.17) is 0 Å². The molecule has 28 heavy (non-hydrogen) atoms. The number of amidine groups is 1. The van der Waals surface area contributed by atoms with Crippen LogP contribution in [0.15, 0.2) is 51.8 Å². The monoisotopic (exact) mass is 405 g/mol. The van der Waals surface area contributed by atoms with Gasteiger partial charge in [-0.1, -0.05) is 18.2 Å². The Morgan fingerprint density at radius 3 is 2.54 bits per heavy atom. The molecule has 0 radical (unpaired) electrons. The van der Waals surface area contributed by atoms with Crippen molar-refractivity contribution < 1.29 is 17.2 Å². The van der Waals surface area contributed by atoms with Crippen molar-refractivity contribution in [3.8, 4) is 0 Å². The Hall–Kier alpha value is -2.32.